The maximum absolute atomic E-state index is 12.4. The molecule has 0 bridgehead atoms. The monoisotopic (exact) mass is 471 g/mol. The molecule has 1 saturated heterocycles. The van der Waals surface area contributed by atoms with E-state index in [1.807, 2.05) is 0 Å². The first-order chi connectivity index (χ1) is 15.0. The van der Waals surface area contributed by atoms with Crippen molar-refractivity contribution in [2.24, 2.45) is 0 Å². The summed E-state index contributed by atoms with van der Waals surface area (Å²) in [5, 5.41) is 28.8. The van der Waals surface area contributed by atoms with Crippen molar-refractivity contribution >= 4 is 10.1 Å². The summed E-state index contributed by atoms with van der Waals surface area (Å²) in [5.74, 6) is -0.486. The lowest BCUT2D eigenvalue weighted by molar-refractivity contribution is -0.113. The fourth-order valence-corrected chi connectivity index (χ4v) is 3.91. The van der Waals surface area contributed by atoms with Gasteiger partial charge in [0.1, 0.15) is 5.75 Å². The van der Waals surface area contributed by atoms with E-state index in [9.17, 15) is 37.1 Å². The lowest BCUT2D eigenvalue weighted by Gasteiger charge is -2.32. The maximum Gasteiger partial charge on any atom is 0.534 e. The summed E-state index contributed by atoms with van der Waals surface area (Å²) in [4.78, 5) is 0. The van der Waals surface area contributed by atoms with E-state index >= 15 is 0 Å². The van der Waals surface area contributed by atoms with Crippen LogP contribution in [0.3, 0.4) is 0 Å². The van der Waals surface area contributed by atoms with E-state index in [-0.39, 0.29) is 13.0 Å². The molecule has 172 valence electrons. The molecule has 3 atom stereocenters. The zero-order chi connectivity index (χ0) is 23.5. The van der Waals surface area contributed by atoms with Crippen molar-refractivity contribution in [1.29, 1.82) is 5.26 Å². The average molecular weight is 471 g/mol. The van der Waals surface area contributed by atoms with E-state index in [0.29, 0.717) is 35.1 Å². The Morgan fingerprint density at radius 1 is 1.16 bits per heavy atom. The summed E-state index contributed by atoms with van der Waals surface area (Å²) in [6.07, 6.45) is -0.697. The van der Waals surface area contributed by atoms with Crippen molar-refractivity contribution in [2.45, 2.75) is 43.1 Å². The number of aliphatic hydroxyl groups is 2. The van der Waals surface area contributed by atoms with Crippen molar-refractivity contribution in [3.05, 3.63) is 64.7 Å². The Morgan fingerprint density at radius 3 is 2.44 bits per heavy atom. The third kappa shape index (κ3) is 5.58. The molecule has 1 heterocycles. The smallest absolute Gasteiger partial charge is 0.394 e. The molecule has 0 amide bonds. The molecular formula is C21H20F3NO6S. The van der Waals surface area contributed by atoms with Gasteiger partial charge in [0.05, 0.1) is 36.6 Å². The standard InChI is InChI=1S/C21H20F3NO6S/c22-21(23,24)32(28,29)31-18-5-1-13(2-6-18)7-16-8-14(3-4-15(16)11-25)20-10-17(27)9-19(12-26)30-20/h1-6,8,17,19-20,26-27H,7,9-10,12H2. The number of benzene rings is 2. The zero-order valence-electron chi connectivity index (χ0n) is 16.6. The molecule has 1 aliphatic rings. The van der Waals surface area contributed by atoms with Gasteiger partial charge >= 0.3 is 15.6 Å². The van der Waals surface area contributed by atoms with Crippen molar-refractivity contribution in [3.8, 4) is 11.8 Å². The molecule has 0 aliphatic carbocycles. The number of nitrogens with zero attached hydrogens (tertiary/aromatic N) is 1. The molecular weight excluding hydrogens is 451 g/mol. The molecule has 11 heteroatoms. The molecule has 1 fully saturated rings. The number of nitriles is 1. The summed E-state index contributed by atoms with van der Waals surface area (Å²) >= 11 is 0. The Bertz CT molecular complexity index is 1100. The summed E-state index contributed by atoms with van der Waals surface area (Å²) < 4.78 is 69.4. The Balaban J connectivity index is 1.80. The average Bonchev–Trinajstić information content (AvgIpc) is 2.73. The van der Waals surface area contributed by atoms with E-state index in [1.54, 1.807) is 18.2 Å². The highest BCUT2D eigenvalue weighted by Gasteiger charge is 2.48. The van der Waals surface area contributed by atoms with Crippen LogP contribution in [0.1, 0.15) is 41.2 Å². The molecule has 7 nitrogen and oxygen atoms in total. The van der Waals surface area contributed by atoms with Crippen molar-refractivity contribution < 1.29 is 40.7 Å². The number of hydrogen-bond acceptors (Lipinski definition) is 7. The highest BCUT2D eigenvalue weighted by Crippen LogP contribution is 2.33. The SMILES string of the molecule is N#Cc1ccc(C2CC(O)CC(CO)O2)cc1Cc1ccc(OS(=O)(=O)C(F)(F)F)cc1. The fraction of sp³-hybridized carbons (Fsp3) is 0.381. The Labute approximate surface area is 182 Å². The lowest BCUT2D eigenvalue weighted by Crippen LogP contribution is -2.33. The highest BCUT2D eigenvalue weighted by atomic mass is 32.2. The van der Waals surface area contributed by atoms with Crippen LogP contribution in [0, 0.1) is 11.3 Å². The van der Waals surface area contributed by atoms with Crippen LogP contribution in [-0.4, -0.2) is 43.0 Å². The van der Waals surface area contributed by atoms with Crippen LogP contribution in [0.2, 0.25) is 0 Å². The first-order valence-electron chi connectivity index (χ1n) is 9.59. The minimum atomic E-state index is -5.76. The van der Waals surface area contributed by atoms with Crippen LogP contribution in [-0.2, 0) is 21.3 Å². The maximum atomic E-state index is 12.4. The second-order valence-electron chi connectivity index (χ2n) is 7.39. The summed E-state index contributed by atoms with van der Waals surface area (Å²) in [6, 6.07) is 12.1. The molecule has 2 aromatic rings. The van der Waals surface area contributed by atoms with Gasteiger partial charge in [-0.2, -0.15) is 26.9 Å². The molecule has 1 aliphatic heterocycles. The molecule has 2 aromatic carbocycles. The van der Waals surface area contributed by atoms with Crippen LogP contribution < -0.4 is 4.18 Å². The molecule has 0 spiro atoms. The predicted octanol–water partition coefficient (Wildman–Crippen LogP) is 2.95. The van der Waals surface area contributed by atoms with Crippen LogP contribution in [0.25, 0.3) is 0 Å². The highest BCUT2D eigenvalue weighted by molar-refractivity contribution is 7.88. The van der Waals surface area contributed by atoms with Gasteiger partial charge < -0.3 is 19.1 Å². The van der Waals surface area contributed by atoms with Crippen LogP contribution in [0.5, 0.6) is 5.75 Å². The predicted molar refractivity (Wildman–Crippen MR) is 106 cm³/mol. The summed E-state index contributed by atoms with van der Waals surface area (Å²) in [7, 11) is -5.76. The number of ether oxygens (including phenoxy) is 1. The Morgan fingerprint density at radius 2 is 1.84 bits per heavy atom. The molecule has 0 radical (unpaired) electrons. The van der Waals surface area contributed by atoms with Crippen molar-refractivity contribution in [2.75, 3.05) is 6.61 Å². The number of rotatable bonds is 6. The number of hydrogen-bond donors (Lipinski definition) is 2. The second-order valence-corrected chi connectivity index (χ2v) is 8.92. The third-order valence-corrected chi connectivity index (χ3v) is 5.99. The molecule has 2 N–H and O–H groups in total. The quantitative estimate of drug-likeness (QED) is 0.491. The molecule has 32 heavy (non-hydrogen) atoms. The van der Waals surface area contributed by atoms with Gasteiger partial charge in [-0.05, 0) is 41.3 Å². The van der Waals surface area contributed by atoms with Gasteiger partial charge in [0.2, 0.25) is 0 Å². The molecule has 3 rings (SSSR count). The Hall–Kier alpha value is -2.65. The van der Waals surface area contributed by atoms with Gasteiger partial charge in [-0.15, -0.1) is 0 Å². The first-order valence-corrected chi connectivity index (χ1v) is 11.0. The van der Waals surface area contributed by atoms with Gasteiger partial charge in [0.25, 0.3) is 0 Å². The Kier molecular flexibility index (Phi) is 7.09. The number of alkyl halides is 3. The topological polar surface area (TPSA) is 117 Å². The molecule has 3 unspecified atom stereocenters. The summed E-state index contributed by atoms with van der Waals surface area (Å²) in [6.45, 7) is -0.227. The van der Waals surface area contributed by atoms with Crippen molar-refractivity contribution in [1.82, 2.24) is 0 Å². The van der Waals surface area contributed by atoms with E-state index < -0.39 is 39.7 Å². The van der Waals surface area contributed by atoms with Gasteiger partial charge in [-0.25, -0.2) is 0 Å². The van der Waals surface area contributed by atoms with Crippen LogP contribution >= 0.6 is 0 Å². The van der Waals surface area contributed by atoms with Crippen LogP contribution in [0.15, 0.2) is 42.5 Å². The molecule has 0 saturated carbocycles. The van der Waals surface area contributed by atoms with Crippen LogP contribution in [0.4, 0.5) is 13.2 Å². The minimum Gasteiger partial charge on any atom is -0.394 e. The second kappa shape index (κ2) is 9.46. The minimum absolute atomic E-state index is 0.227. The van der Waals surface area contributed by atoms with E-state index in [0.717, 1.165) is 12.1 Å². The summed E-state index contributed by atoms with van der Waals surface area (Å²) in [5.41, 5.74) is -3.22. The van der Waals surface area contributed by atoms with Gasteiger partial charge in [0, 0.05) is 12.8 Å². The van der Waals surface area contributed by atoms with Gasteiger partial charge in [0.15, 0.2) is 0 Å². The van der Waals surface area contributed by atoms with E-state index in [4.69, 9.17) is 4.74 Å². The number of halogens is 3. The zero-order valence-corrected chi connectivity index (χ0v) is 17.4. The van der Waals surface area contributed by atoms with Crippen molar-refractivity contribution in [3.63, 3.8) is 0 Å². The van der Waals surface area contributed by atoms with E-state index in [1.165, 1.54) is 12.1 Å². The lowest BCUT2D eigenvalue weighted by atomic mass is 9.92. The van der Waals surface area contributed by atoms with E-state index in [2.05, 4.69) is 10.3 Å². The first kappa shape index (κ1) is 24.0. The largest absolute Gasteiger partial charge is 0.534 e. The normalized spacial score (nSPS) is 21.7. The number of aliphatic hydroxyl groups excluding tert-OH is 2. The fourth-order valence-electron chi connectivity index (χ4n) is 3.45. The van der Waals surface area contributed by atoms with Gasteiger partial charge in [-0.1, -0.05) is 24.3 Å². The third-order valence-electron chi connectivity index (χ3n) is 5.01. The van der Waals surface area contributed by atoms with Gasteiger partial charge in [-0.3, -0.25) is 0 Å². The molecule has 0 aromatic heterocycles.